The Hall–Kier alpha value is -2.40. The summed E-state index contributed by atoms with van der Waals surface area (Å²) in [5.74, 6) is 1.55. The molecule has 0 fully saturated rings. The zero-order valence-corrected chi connectivity index (χ0v) is 16.4. The lowest BCUT2D eigenvalue weighted by atomic mass is 9.78. The molecule has 27 heavy (non-hydrogen) atoms. The van der Waals surface area contributed by atoms with E-state index in [1.165, 1.54) is 5.56 Å². The molecule has 0 aliphatic rings. The zero-order chi connectivity index (χ0) is 19.7. The Kier molecular flexibility index (Phi) is 7.80. The normalized spacial score (nSPS) is 12.4. The molecule has 0 spiro atoms. The molecule has 5 heteroatoms. The first kappa shape index (κ1) is 20.9. The number of rotatable bonds is 11. The number of benzene rings is 2. The van der Waals surface area contributed by atoms with Gasteiger partial charge in [-0.15, -0.1) is 0 Å². The predicted octanol–water partition coefficient (Wildman–Crippen LogP) is 4.70. The van der Waals surface area contributed by atoms with Gasteiger partial charge >= 0.3 is 0 Å². The Balaban J connectivity index is 2.03. The standard InChI is InChI=1S/C22H29NO4/c1-4-5-14-26-20-10-6-17(7-11-20)22(2,3)18-8-12-21(13-9-18)27-16-19(15-24)23-25/h6-13,19,24H,4-5,14-16H2,1-3H3. The molecular formula is C22H29NO4. The predicted molar refractivity (Wildman–Crippen MR) is 108 cm³/mol. The first-order valence-electron chi connectivity index (χ1n) is 9.41. The fourth-order valence-electron chi connectivity index (χ4n) is 2.75. The fourth-order valence-corrected chi connectivity index (χ4v) is 2.75. The minimum Gasteiger partial charge on any atom is -0.494 e. The van der Waals surface area contributed by atoms with E-state index in [-0.39, 0.29) is 18.6 Å². The number of nitrogens with zero attached hydrogens (tertiary/aromatic N) is 1. The summed E-state index contributed by atoms with van der Waals surface area (Å²) in [5.41, 5.74) is 2.18. The third-order valence-electron chi connectivity index (χ3n) is 4.72. The summed E-state index contributed by atoms with van der Waals surface area (Å²) in [6.45, 7) is 7.00. The van der Waals surface area contributed by atoms with Crippen LogP contribution < -0.4 is 9.47 Å². The molecule has 0 amide bonds. The Morgan fingerprint density at radius 3 is 1.93 bits per heavy atom. The van der Waals surface area contributed by atoms with E-state index in [2.05, 4.69) is 38.1 Å². The van der Waals surface area contributed by atoms with Crippen LogP contribution in [0, 0.1) is 4.91 Å². The van der Waals surface area contributed by atoms with Gasteiger partial charge in [0, 0.05) is 5.41 Å². The third-order valence-corrected chi connectivity index (χ3v) is 4.72. The van der Waals surface area contributed by atoms with Crippen LogP contribution in [0.2, 0.25) is 0 Å². The Labute approximate surface area is 161 Å². The molecule has 0 aliphatic heterocycles. The Bertz CT molecular complexity index is 695. The largest absolute Gasteiger partial charge is 0.494 e. The lowest BCUT2D eigenvalue weighted by Crippen LogP contribution is -2.20. The number of unbranched alkanes of at least 4 members (excludes halogenated alkanes) is 1. The first-order valence-corrected chi connectivity index (χ1v) is 9.41. The summed E-state index contributed by atoms with van der Waals surface area (Å²) < 4.78 is 11.3. The average molecular weight is 371 g/mol. The van der Waals surface area contributed by atoms with Gasteiger partial charge in [0.15, 0.2) is 0 Å². The number of ether oxygens (including phenoxy) is 2. The van der Waals surface area contributed by atoms with Gasteiger partial charge in [-0.25, -0.2) is 0 Å². The van der Waals surface area contributed by atoms with Crippen molar-refractivity contribution in [3.05, 3.63) is 64.6 Å². The first-order chi connectivity index (χ1) is 13.0. The average Bonchev–Trinajstić information content (AvgIpc) is 2.70. The van der Waals surface area contributed by atoms with Crippen LogP contribution in [0.3, 0.4) is 0 Å². The molecule has 2 aromatic rings. The number of hydrogen-bond acceptors (Lipinski definition) is 5. The van der Waals surface area contributed by atoms with Gasteiger partial charge in [0.25, 0.3) is 0 Å². The van der Waals surface area contributed by atoms with Gasteiger partial charge in [0.2, 0.25) is 0 Å². The smallest absolute Gasteiger partial charge is 0.149 e. The van der Waals surface area contributed by atoms with E-state index in [9.17, 15) is 4.91 Å². The molecule has 2 aromatic carbocycles. The monoisotopic (exact) mass is 371 g/mol. The van der Waals surface area contributed by atoms with E-state index < -0.39 is 6.04 Å². The van der Waals surface area contributed by atoms with Gasteiger partial charge in [-0.3, -0.25) is 0 Å². The van der Waals surface area contributed by atoms with Crippen molar-refractivity contribution in [2.45, 2.75) is 45.1 Å². The van der Waals surface area contributed by atoms with Crippen molar-refractivity contribution in [3.8, 4) is 11.5 Å². The summed E-state index contributed by atoms with van der Waals surface area (Å²) in [6.07, 6.45) is 2.18. The van der Waals surface area contributed by atoms with Crippen molar-refractivity contribution in [2.75, 3.05) is 19.8 Å². The summed E-state index contributed by atoms with van der Waals surface area (Å²) in [5, 5.41) is 11.8. The minimum atomic E-state index is -0.737. The molecule has 0 saturated carbocycles. The molecule has 146 valence electrons. The second kappa shape index (κ2) is 10.1. The Morgan fingerprint density at radius 2 is 1.48 bits per heavy atom. The summed E-state index contributed by atoms with van der Waals surface area (Å²) >= 11 is 0. The van der Waals surface area contributed by atoms with Crippen LogP contribution in [0.4, 0.5) is 0 Å². The SMILES string of the molecule is CCCCOc1ccc(C(C)(C)c2ccc(OCC(CO)N=O)cc2)cc1. The highest BCUT2D eigenvalue weighted by Gasteiger charge is 2.23. The van der Waals surface area contributed by atoms with Crippen LogP contribution >= 0.6 is 0 Å². The van der Waals surface area contributed by atoms with E-state index in [0.29, 0.717) is 5.75 Å². The molecule has 0 radical (unpaired) electrons. The number of aliphatic hydroxyl groups is 1. The van der Waals surface area contributed by atoms with Crippen LogP contribution in [-0.2, 0) is 5.41 Å². The summed E-state index contributed by atoms with van der Waals surface area (Å²) in [6, 6.07) is 15.3. The van der Waals surface area contributed by atoms with Crippen molar-refractivity contribution < 1.29 is 14.6 Å². The van der Waals surface area contributed by atoms with Crippen molar-refractivity contribution >= 4 is 0 Å². The maximum Gasteiger partial charge on any atom is 0.149 e. The van der Waals surface area contributed by atoms with Crippen LogP contribution in [0.15, 0.2) is 53.7 Å². The van der Waals surface area contributed by atoms with Gasteiger partial charge in [-0.05, 0) is 41.8 Å². The highest BCUT2D eigenvalue weighted by atomic mass is 16.5. The van der Waals surface area contributed by atoms with Crippen molar-refractivity contribution in [1.29, 1.82) is 0 Å². The zero-order valence-electron chi connectivity index (χ0n) is 16.4. The van der Waals surface area contributed by atoms with E-state index >= 15 is 0 Å². The molecule has 5 nitrogen and oxygen atoms in total. The molecular weight excluding hydrogens is 342 g/mol. The molecule has 0 heterocycles. The minimum absolute atomic E-state index is 0.0717. The summed E-state index contributed by atoms with van der Waals surface area (Å²) in [4.78, 5) is 10.5. The van der Waals surface area contributed by atoms with Crippen molar-refractivity contribution in [3.63, 3.8) is 0 Å². The maximum absolute atomic E-state index is 10.5. The molecule has 1 unspecified atom stereocenters. The third kappa shape index (κ3) is 5.79. The molecule has 0 aliphatic carbocycles. The quantitative estimate of drug-likeness (QED) is 0.459. The van der Waals surface area contributed by atoms with Crippen LogP contribution in [0.25, 0.3) is 0 Å². The molecule has 1 atom stereocenters. The maximum atomic E-state index is 10.5. The lowest BCUT2D eigenvalue weighted by molar-refractivity contribution is 0.207. The second-order valence-corrected chi connectivity index (χ2v) is 7.13. The second-order valence-electron chi connectivity index (χ2n) is 7.13. The van der Waals surface area contributed by atoms with Gasteiger partial charge in [0.1, 0.15) is 24.1 Å². The van der Waals surface area contributed by atoms with Crippen molar-refractivity contribution in [2.24, 2.45) is 5.18 Å². The molecule has 0 bridgehead atoms. The molecule has 2 rings (SSSR count). The lowest BCUT2D eigenvalue weighted by Gasteiger charge is -2.26. The van der Waals surface area contributed by atoms with Gasteiger partial charge in [-0.1, -0.05) is 56.6 Å². The topological polar surface area (TPSA) is 68.1 Å². The highest BCUT2D eigenvalue weighted by Crippen LogP contribution is 2.33. The number of aliphatic hydroxyl groups excluding tert-OH is 1. The van der Waals surface area contributed by atoms with E-state index in [1.807, 2.05) is 36.4 Å². The van der Waals surface area contributed by atoms with E-state index in [0.717, 1.165) is 30.8 Å². The number of hydrogen-bond donors (Lipinski definition) is 1. The van der Waals surface area contributed by atoms with Crippen LogP contribution in [-0.4, -0.2) is 31.0 Å². The van der Waals surface area contributed by atoms with E-state index in [4.69, 9.17) is 14.6 Å². The van der Waals surface area contributed by atoms with Gasteiger partial charge in [0.05, 0.1) is 13.2 Å². The molecule has 0 saturated heterocycles. The summed E-state index contributed by atoms with van der Waals surface area (Å²) in [7, 11) is 0. The van der Waals surface area contributed by atoms with Gasteiger partial charge < -0.3 is 14.6 Å². The fraction of sp³-hybridized carbons (Fsp3) is 0.455. The van der Waals surface area contributed by atoms with E-state index in [1.54, 1.807) is 0 Å². The van der Waals surface area contributed by atoms with Crippen molar-refractivity contribution in [1.82, 2.24) is 0 Å². The van der Waals surface area contributed by atoms with Gasteiger partial charge in [-0.2, -0.15) is 4.91 Å². The Morgan fingerprint density at radius 1 is 0.963 bits per heavy atom. The number of nitroso groups, excluding NO2 is 1. The van der Waals surface area contributed by atoms with Crippen LogP contribution in [0.1, 0.15) is 44.7 Å². The van der Waals surface area contributed by atoms with Crippen LogP contribution in [0.5, 0.6) is 11.5 Å². The molecule has 1 N–H and O–H groups in total. The highest BCUT2D eigenvalue weighted by molar-refractivity contribution is 5.41. The molecule has 0 aromatic heterocycles.